The first kappa shape index (κ1) is 18.5. The molecule has 3 aromatic carbocycles. The first-order valence-electron chi connectivity index (χ1n) is 8.89. The lowest BCUT2D eigenvalue weighted by atomic mass is 10.1. The van der Waals surface area contributed by atoms with Crippen LogP contribution in [0.25, 0.3) is 0 Å². The number of para-hydroxylation sites is 1. The lowest BCUT2D eigenvalue weighted by Crippen LogP contribution is -2.30. The molecule has 0 heterocycles. The summed E-state index contributed by atoms with van der Waals surface area (Å²) in [6.45, 7) is 5.70. The Kier molecular flexibility index (Phi) is 5.77. The highest BCUT2D eigenvalue weighted by atomic mass is 16.5. The van der Waals surface area contributed by atoms with Crippen LogP contribution >= 0.6 is 0 Å². The molecule has 0 aliphatic rings. The predicted octanol–water partition coefficient (Wildman–Crippen LogP) is 5.50. The van der Waals surface area contributed by atoms with E-state index in [1.54, 1.807) is 19.1 Å². The number of amides is 1. The number of aryl methyl sites for hydroxylation is 2. The van der Waals surface area contributed by atoms with Gasteiger partial charge in [-0.15, -0.1) is 0 Å². The molecule has 1 N–H and O–H groups in total. The minimum Gasteiger partial charge on any atom is -0.481 e. The zero-order valence-corrected chi connectivity index (χ0v) is 15.7. The fourth-order valence-corrected chi connectivity index (χ4v) is 2.55. The Morgan fingerprint density at radius 2 is 1.56 bits per heavy atom. The molecule has 1 atom stereocenters. The van der Waals surface area contributed by atoms with Crippen molar-refractivity contribution in [3.05, 3.63) is 83.9 Å². The van der Waals surface area contributed by atoms with Gasteiger partial charge in [0.05, 0.1) is 0 Å². The number of carbonyl (C=O) groups excluding carboxylic acids is 1. The van der Waals surface area contributed by atoms with Crippen LogP contribution in [0.2, 0.25) is 0 Å². The Bertz CT molecular complexity index is 905. The van der Waals surface area contributed by atoms with Gasteiger partial charge in [-0.2, -0.15) is 0 Å². The van der Waals surface area contributed by atoms with Gasteiger partial charge in [0, 0.05) is 5.69 Å². The van der Waals surface area contributed by atoms with Gasteiger partial charge >= 0.3 is 0 Å². The number of hydrogen-bond acceptors (Lipinski definition) is 3. The van der Waals surface area contributed by atoms with Crippen molar-refractivity contribution in [2.45, 2.75) is 26.9 Å². The highest BCUT2D eigenvalue weighted by molar-refractivity contribution is 5.94. The normalized spacial score (nSPS) is 11.5. The molecule has 0 bridgehead atoms. The van der Waals surface area contributed by atoms with Gasteiger partial charge in [0.15, 0.2) is 6.10 Å². The third kappa shape index (κ3) is 5.11. The van der Waals surface area contributed by atoms with E-state index < -0.39 is 6.10 Å². The number of benzene rings is 3. The van der Waals surface area contributed by atoms with Gasteiger partial charge in [-0.3, -0.25) is 4.79 Å². The van der Waals surface area contributed by atoms with Crippen molar-refractivity contribution in [3.8, 4) is 17.2 Å². The van der Waals surface area contributed by atoms with E-state index >= 15 is 0 Å². The number of anilines is 1. The van der Waals surface area contributed by atoms with Crippen molar-refractivity contribution < 1.29 is 14.3 Å². The molecule has 0 saturated heterocycles. The maximum Gasteiger partial charge on any atom is 0.265 e. The summed E-state index contributed by atoms with van der Waals surface area (Å²) in [7, 11) is 0. The summed E-state index contributed by atoms with van der Waals surface area (Å²) in [4.78, 5) is 12.4. The van der Waals surface area contributed by atoms with Crippen LogP contribution in [-0.2, 0) is 4.79 Å². The molecule has 0 aliphatic carbocycles. The molecule has 4 nitrogen and oxygen atoms in total. The largest absolute Gasteiger partial charge is 0.481 e. The number of ether oxygens (including phenoxy) is 2. The van der Waals surface area contributed by atoms with E-state index in [-0.39, 0.29) is 5.91 Å². The van der Waals surface area contributed by atoms with Crippen molar-refractivity contribution in [1.82, 2.24) is 0 Å². The van der Waals surface area contributed by atoms with E-state index in [1.165, 1.54) is 0 Å². The summed E-state index contributed by atoms with van der Waals surface area (Å²) >= 11 is 0. The van der Waals surface area contributed by atoms with Gasteiger partial charge < -0.3 is 14.8 Å². The van der Waals surface area contributed by atoms with Gasteiger partial charge in [0.2, 0.25) is 0 Å². The Balaban J connectivity index is 1.59. The van der Waals surface area contributed by atoms with Crippen molar-refractivity contribution in [2.75, 3.05) is 5.32 Å². The quantitative estimate of drug-likeness (QED) is 0.630. The highest BCUT2D eigenvalue weighted by Crippen LogP contribution is 2.23. The molecule has 0 saturated carbocycles. The minimum absolute atomic E-state index is 0.201. The number of rotatable bonds is 6. The third-order valence-corrected chi connectivity index (χ3v) is 4.12. The van der Waals surface area contributed by atoms with Crippen LogP contribution in [-0.4, -0.2) is 12.0 Å². The van der Waals surface area contributed by atoms with Gasteiger partial charge in [0.25, 0.3) is 5.91 Å². The van der Waals surface area contributed by atoms with Gasteiger partial charge in [0.1, 0.15) is 17.2 Å². The molecule has 27 heavy (non-hydrogen) atoms. The van der Waals surface area contributed by atoms with Crippen LogP contribution in [0.4, 0.5) is 5.69 Å². The maximum absolute atomic E-state index is 12.4. The number of hydrogen-bond donors (Lipinski definition) is 1. The van der Waals surface area contributed by atoms with E-state index in [0.29, 0.717) is 11.4 Å². The molecule has 1 amide bonds. The smallest absolute Gasteiger partial charge is 0.265 e. The average Bonchev–Trinajstić information content (AvgIpc) is 2.67. The monoisotopic (exact) mass is 361 g/mol. The van der Waals surface area contributed by atoms with Crippen molar-refractivity contribution in [1.29, 1.82) is 0 Å². The molecule has 3 rings (SSSR count). The summed E-state index contributed by atoms with van der Waals surface area (Å²) in [5.74, 6) is 2.00. The Labute approximate surface area is 159 Å². The fourth-order valence-electron chi connectivity index (χ4n) is 2.55. The van der Waals surface area contributed by atoms with E-state index in [2.05, 4.69) is 5.32 Å². The Morgan fingerprint density at radius 3 is 2.26 bits per heavy atom. The predicted molar refractivity (Wildman–Crippen MR) is 108 cm³/mol. The maximum atomic E-state index is 12.4. The third-order valence-electron chi connectivity index (χ3n) is 4.12. The zero-order valence-electron chi connectivity index (χ0n) is 15.7. The first-order chi connectivity index (χ1) is 13.0. The van der Waals surface area contributed by atoms with Crippen molar-refractivity contribution in [2.24, 2.45) is 0 Å². The van der Waals surface area contributed by atoms with Crippen LogP contribution < -0.4 is 14.8 Å². The molecular formula is C23H23NO3. The second-order valence-corrected chi connectivity index (χ2v) is 6.46. The Hall–Kier alpha value is -3.27. The second-order valence-electron chi connectivity index (χ2n) is 6.46. The molecular weight excluding hydrogens is 338 g/mol. The van der Waals surface area contributed by atoms with E-state index in [0.717, 1.165) is 22.6 Å². The molecule has 0 aliphatic heterocycles. The molecule has 0 fully saturated rings. The number of carbonyl (C=O) groups is 1. The zero-order chi connectivity index (χ0) is 19.2. The second kappa shape index (κ2) is 8.41. The van der Waals surface area contributed by atoms with Crippen LogP contribution in [0, 0.1) is 13.8 Å². The number of nitrogens with one attached hydrogen (secondary N) is 1. The van der Waals surface area contributed by atoms with Crippen LogP contribution in [0.15, 0.2) is 72.8 Å². The summed E-state index contributed by atoms with van der Waals surface area (Å²) in [6.07, 6.45) is -0.606. The van der Waals surface area contributed by atoms with Gasteiger partial charge in [-0.1, -0.05) is 30.3 Å². The molecule has 3 aromatic rings. The van der Waals surface area contributed by atoms with Crippen LogP contribution in [0.5, 0.6) is 17.2 Å². The van der Waals surface area contributed by atoms with Crippen LogP contribution in [0.1, 0.15) is 18.1 Å². The highest BCUT2D eigenvalue weighted by Gasteiger charge is 2.16. The summed E-state index contributed by atoms with van der Waals surface area (Å²) in [5.41, 5.74) is 2.79. The van der Waals surface area contributed by atoms with E-state index in [4.69, 9.17) is 9.47 Å². The SMILES string of the molecule is Cc1ccc(C)c(O[C@@H](C)C(=O)Nc2ccc(Oc3ccccc3)cc2)c1. The van der Waals surface area contributed by atoms with Crippen molar-refractivity contribution in [3.63, 3.8) is 0 Å². The lowest BCUT2D eigenvalue weighted by molar-refractivity contribution is -0.122. The molecule has 0 spiro atoms. The van der Waals surface area contributed by atoms with Crippen molar-refractivity contribution >= 4 is 11.6 Å². The molecule has 0 radical (unpaired) electrons. The minimum atomic E-state index is -0.606. The topological polar surface area (TPSA) is 47.6 Å². The van der Waals surface area contributed by atoms with Crippen LogP contribution in [0.3, 0.4) is 0 Å². The molecule has 0 unspecified atom stereocenters. The summed E-state index contributed by atoms with van der Waals surface area (Å²) in [6, 6.07) is 22.8. The molecule has 0 aromatic heterocycles. The lowest BCUT2D eigenvalue weighted by Gasteiger charge is -2.17. The summed E-state index contributed by atoms with van der Waals surface area (Å²) < 4.78 is 11.6. The average molecular weight is 361 g/mol. The Morgan fingerprint density at radius 1 is 0.889 bits per heavy atom. The standard InChI is InChI=1S/C23H23NO3/c1-16-9-10-17(2)22(15-16)26-18(3)23(25)24-19-11-13-21(14-12-19)27-20-7-5-4-6-8-20/h4-15,18H,1-3H3,(H,24,25)/t18-/m0/s1. The van der Waals surface area contributed by atoms with Gasteiger partial charge in [-0.25, -0.2) is 0 Å². The summed E-state index contributed by atoms with van der Waals surface area (Å²) in [5, 5.41) is 2.87. The van der Waals surface area contributed by atoms with Gasteiger partial charge in [-0.05, 0) is 74.4 Å². The van der Waals surface area contributed by atoms with E-state index in [9.17, 15) is 4.79 Å². The first-order valence-corrected chi connectivity index (χ1v) is 8.89. The fraction of sp³-hybridized carbons (Fsp3) is 0.174. The van der Waals surface area contributed by atoms with E-state index in [1.807, 2.05) is 74.5 Å². The molecule has 4 heteroatoms. The molecule has 138 valence electrons.